The van der Waals surface area contributed by atoms with E-state index in [0.29, 0.717) is 11.4 Å². The van der Waals surface area contributed by atoms with Gasteiger partial charge in [-0.1, -0.05) is 0 Å². The summed E-state index contributed by atoms with van der Waals surface area (Å²) in [4.78, 5) is 39.8. The van der Waals surface area contributed by atoms with Crippen LogP contribution in [0.5, 0.6) is 0 Å². The first kappa shape index (κ1) is 21.3. The topological polar surface area (TPSA) is 79.0 Å². The van der Waals surface area contributed by atoms with Crippen molar-refractivity contribution in [3.8, 4) is 0 Å². The van der Waals surface area contributed by atoms with E-state index in [1.54, 1.807) is 0 Å². The van der Waals surface area contributed by atoms with Crippen LogP contribution in [0, 0.1) is 11.6 Å². The van der Waals surface area contributed by atoms with Gasteiger partial charge in [0.05, 0.1) is 19.2 Å². The molecule has 0 aliphatic carbocycles. The second kappa shape index (κ2) is 8.95. The third kappa shape index (κ3) is 4.60. The Hall–Kier alpha value is -3.40. The van der Waals surface area contributed by atoms with Crippen molar-refractivity contribution in [1.29, 1.82) is 0 Å². The van der Waals surface area contributed by atoms with Crippen molar-refractivity contribution in [2.24, 2.45) is 0 Å². The van der Waals surface area contributed by atoms with Crippen molar-refractivity contribution in [1.82, 2.24) is 4.90 Å². The maximum Gasteiger partial charge on any atom is 0.325 e. The second-order valence-corrected chi connectivity index (χ2v) is 6.78. The maximum atomic E-state index is 13.3. The molecule has 1 aliphatic rings. The van der Waals surface area contributed by atoms with Crippen LogP contribution >= 0.6 is 12.2 Å². The number of methoxy groups -OCH3 is 1. The third-order valence-electron chi connectivity index (χ3n) is 4.44. The fourth-order valence-electron chi connectivity index (χ4n) is 2.97. The van der Waals surface area contributed by atoms with Gasteiger partial charge in [-0.2, -0.15) is 0 Å². The van der Waals surface area contributed by atoms with E-state index in [0.717, 1.165) is 4.90 Å². The molecule has 1 N–H and O–H groups in total. The molecule has 0 aromatic heterocycles. The fraction of sp³-hybridized carbons (Fsp3) is 0.200. The Morgan fingerprint density at radius 1 is 1.07 bits per heavy atom. The van der Waals surface area contributed by atoms with Gasteiger partial charge in [0, 0.05) is 5.69 Å². The van der Waals surface area contributed by atoms with Crippen LogP contribution in [0.15, 0.2) is 48.5 Å². The number of ether oxygens (including phenoxy) is 1. The Morgan fingerprint density at radius 3 is 2.20 bits per heavy atom. The molecule has 1 fully saturated rings. The van der Waals surface area contributed by atoms with E-state index < -0.39 is 35.5 Å². The Morgan fingerprint density at radius 2 is 1.63 bits per heavy atom. The first-order valence-electron chi connectivity index (χ1n) is 8.82. The Labute approximate surface area is 176 Å². The van der Waals surface area contributed by atoms with Crippen LogP contribution < -0.4 is 10.2 Å². The van der Waals surface area contributed by atoms with Crippen molar-refractivity contribution in [2.45, 2.75) is 12.5 Å². The number of carbonyl (C=O) groups excluding carboxylic acids is 3. The molecule has 0 radical (unpaired) electrons. The molecule has 30 heavy (non-hydrogen) atoms. The summed E-state index contributed by atoms with van der Waals surface area (Å²) >= 11 is 5.35. The number of halogens is 2. The van der Waals surface area contributed by atoms with Crippen LogP contribution in [0.3, 0.4) is 0 Å². The van der Waals surface area contributed by atoms with Crippen molar-refractivity contribution >= 4 is 46.5 Å². The van der Waals surface area contributed by atoms with E-state index in [1.807, 2.05) is 0 Å². The molecule has 0 spiro atoms. The molecule has 1 aliphatic heterocycles. The summed E-state index contributed by atoms with van der Waals surface area (Å²) in [6.07, 6.45) is -0.314. The zero-order chi connectivity index (χ0) is 21.8. The van der Waals surface area contributed by atoms with Crippen LogP contribution in [0.2, 0.25) is 0 Å². The van der Waals surface area contributed by atoms with Crippen molar-refractivity contribution in [2.75, 3.05) is 23.9 Å². The lowest BCUT2D eigenvalue weighted by Gasteiger charge is -2.22. The second-order valence-electron chi connectivity index (χ2n) is 6.41. The molecule has 156 valence electrons. The average molecular weight is 433 g/mol. The number of anilines is 2. The van der Waals surface area contributed by atoms with Gasteiger partial charge in [0.25, 0.3) is 5.91 Å². The molecule has 2 aromatic carbocycles. The molecule has 1 heterocycles. The number of nitrogens with zero attached hydrogens (tertiary/aromatic N) is 2. The van der Waals surface area contributed by atoms with Gasteiger partial charge in [-0.15, -0.1) is 0 Å². The predicted molar refractivity (Wildman–Crippen MR) is 109 cm³/mol. The first-order chi connectivity index (χ1) is 14.3. The number of amides is 2. The fourth-order valence-corrected chi connectivity index (χ4v) is 3.35. The predicted octanol–water partition coefficient (Wildman–Crippen LogP) is 2.47. The molecule has 0 saturated carbocycles. The SMILES string of the molecule is COC(=O)CN1C(=S)N(c2ccc(F)cc2)C(=O)[C@@H]1CC(=O)Nc1ccc(F)cc1. The van der Waals surface area contributed by atoms with Crippen molar-refractivity contribution < 1.29 is 27.9 Å². The van der Waals surface area contributed by atoms with Gasteiger partial charge >= 0.3 is 5.97 Å². The van der Waals surface area contributed by atoms with E-state index in [4.69, 9.17) is 12.2 Å². The van der Waals surface area contributed by atoms with Crippen LogP contribution in [-0.4, -0.2) is 47.5 Å². The van der Waals surface area contributed by atoms with Crippen LogP contribution in [0.1, 0.15) is 6.42 Å². The largest absolute Gasteiger partial charge is 0.468 e. The summed E-state index contributed by atoms with van der Waals surface area (Å²) in [6.45, 7) is -0.340. The molecule has 10 heteroatoms. The molecule has 2 aromatic rings. The zero-order valence-electron chi connectivity index (χ0n) is 15.8. The Balaban J connectivity index is 1.83. The Kier molecular flexibility index (Phi) is 6.36. The smallest absolute Gasteiger partial charge is 0.325 e. The Bertz CT molecular complexity index is 983. The summed E-state index contributed by atoms with van der Waals surface area (Å²) < 4.78 is 30.9. The highest BCUT2D eigenvalue weighted by Crippen LogP contribution is 2.27. The van der Waals surface area contributed by atoms with Crippen molar-refractivity contribution in [3.63, 3.8) is 0 Å². The standard InChI is InChI=1S/C20H17F2N3O4S/c1-29-18(27)11-24-16(10-17(26)23-14-6-2-12(21)3-7-14)19(28)25(20(24)30)15-8-4-13(22)5-9-15/h2-9,16H,10-11H2,1H3,(H,23,26)/t16-/m0/s1. The molecule has 7 nitrogen and oxygen atoms in total. The molecule has 0 bridgehead atoms. The third-order valence-corrected chi connectivity index (χ3v) is 4.85. The van der Waals surface area contributed by atoms with Gasteiger partial charge in [0.15, 0.2) is 5.11 Å². The van der Waals surface area contributed by atoms with E-state index in [1.165, 1.54) is 60.5 Å². The molecule has 3 rings (SSSR count). The highest BCUT2D eigenvalue weighted by Gasteiger charge is 2.45. The van der Waals surface area contributed by atoms with Crippen molar-refractivity contribution in [3.05, 3.63) is 60.2 Å². The molecule has 2 amide bonds. The normalized spacial score (nSPS) is 16.0. The van der Waals surface area contributed by atoms with Gasteiger partial charge in [0.2, 0.25) is 5.91 Å². The maximum absolute atomic E-state index is 13.3. The summed E-state index contributed by atoms with van der Waals surface area (Å²) in [6, 6.07) is 9.15. The summed E-state index contributed by atoms with van der Waals surface area (Å²) in [5.41, 5.74) is 0.659. The number of esters is 1. The molecular weight excluding hydrogens is 416 g/mol. The first-order valence-corrected chi connectivity index (χ1v) is 9.23. The number of rotatable bonds is 6. The monoisotopic (exact) mass is 433 g/mol. The number of thiocarbonyl (C=S) groups is 1. The van der Waals surface area contributed by atoms with Crippen LogP contribution in [0.4, 0.5) is 20.2 Å². The number of hydrogen-bond donors (Lipinski definition) is 1. The lowest BCUT2D eigenvalue weighted by molar-refractivity contribution is -0.141. The quantitative estimate of drug-likeness (QED) is 0.557. The molecule has 1 saturated heterocycles. The highest BCUT2D eigenvalue weighted by molar-refractivity contribution is 7.80. The molecule has 0 unspecified atom stereocenters. The lowest BCUT2D eigenvalue weighted by Crippen LogP contribution is -2.41. The summed E-state index contributed by atoms with van der Waals surface area (Å²) in [5, 5.41) is 2.57. The molecular formula is C20H17F2N3O4S. The number of hydrogen-bond acceptors (Lipinski definition) is 5. The van der Waals surface area contributed by atoms with E-state index in [-0.39, 0.29) is 18.1 Å². The number of carbonyl (C=O) groups is 3. The minimum Gasteiger partial charge on any atom is -0.468 e. The van der Waals surface area contributed by atoms with Gasteiger partial charge in [-0.25, -0.2) is 8.78 Å². The molecule has 1 atom stereocenters. The average Bonchev–Trinajstić information content (AvgIpc) is 2.94. The number of benzene rings is 2. The summed E-state index contributed by atoms with van der Waals surface area (Å²) in [5.74, 6) is -2.65. The van der Waals surface area contributed by atoms with E-state index >= 15 is 0 Å². The minimum absolute atomic E-state index is 0.00316. The van der Waals surface area contributed by atoms with E-state index in [9.17, 15) is 23.2 Å². The number of nitrogens with one attached hydrogen (secondary N) is 1. The van der Waals surface area contributed by atoms with Crippen LogP contribution in [0.25, 0.3) is 0 Å². The minimum atomic E-state index is -1.07. The van der Waals surface area contributed by atoms with Gasteiger partial charge in [0.1, 0.15) is 24.2 Å². The van der Waals surface area contributed by atoms with Gasteiger partial charge in [-0.3, -0.25) is 19.3 Å². The highest BCUT2D eigenvalue weighted by atomic mass is 32.1. The van der Waals surface area contributed by atoms with Crippen LogP contribution in [-0.2, 0) is 19.1 Å². The zero-order valence-corrected chi connectivity index (χ0v) is 16.6. The lowest BCUT2D eigenvalue weighted by atomic mass is 10.1. The van der Waals surface area contributed by atoms with Gasteiger partial charge in [-0.05, 0) is 60.7 Å². The summed E-state index contributed by atoms with van der Waals surface area (Å²) in [7, 11) is 1.19. The van der Waals surface area contributed by atoms with Gasteiger partial charge < -0.3 is 15.0 Å². The van der Waals surface area contributed by atoms with E-state index in [2.05, 4.69) is 10.1 Å².